The summed E-state index contributed by atoms with van der Waals surface area (Å²) in [5.41, 5.74) is 0.592. The van der Waals surface area contributed by atoms with Gasteiger partial charge in [0.15, 0.2) is 0 Å². The molecule has 1 N–H and O–H groups in total. The van der Waals surface area contributed by atoms with Crippen molar-refractivity contribution in [1.29, 1.82) is 0 Å². The van der Waals surface area contributed by atoms with E-state index in [0.717, 1.165) is 19.3 Å². The molecule has 1 unspecified atom stereocenters. The molecule has 0 bridgehead atoms. The third-order valence-corrected chi connectivity index (χ3v) is 2.76. The van der Waals surface area contributed by atoms with Crippen LogP contribution in [-0.2, 0) is 4.79 Å². The molecule has 0 radical (unpaired) electrons. The fourth-order valence-corrected chi connectivity index (χ4v) is 1.70. The largest absolute Gasteiger partial charge is 0.349 e. The first-order valence-electron chi connectivity index (χ1n) is 5.53. The maximum atomic E-state index is 11.4. The van der Waals surface area contributed by atoms with E-state index < -0.39 is 0 Å². The van der Waals surface area contributed by atoms with E-state index in [-0.39, 0.29) is 5.91 Å². The van der Waals surface area contributed by atoms with Crippen molar-refractivity contribution >= 4 is 5.91 Å². The van der Waals surface area contributed by atoms with E-state index in [1.54, 1.807) is 6.92 Å². The smallest absolute Gasteiger partial charge is 0.246 e. The second-order valence-corrected chi connectivity index (χ2v) is 3.85. The Hall–Kier alpha value is -0.790. The summed E-state index contributed by atoms with van der Waals surface area (Å²) >= 11 is 0. The van der Waals surface area contributed by atoms with Crippen LogP contribution in [0, 0.1) is 5.92 Å². The Balaban J connectivity index is 4.27. The minimum Gasteiger partial charge on any atom is -0.349 e. The van der Waals surface area contributed by atoms with Crippen LogP contribution in [0.1, 0.15) is 47.0 Å². The molecule has 14 heavy (non-hydrogen) atoms. The summed E-state index contributed by atoms with van der Waals surface area (Å²) < 4.78 is 0. The Bertz CT molecular complexity index is 194. The second kappa shape index (κ2) is 6.63. The molecule has 2 heteroatoms. The van der Waals surface area contributed by atoms with Crippen molar-refractivity contribution in [3.63, 3.8) is 0 Å². The molecule has 0 aliphatic rings. The van der Waals surface area contributed by atoms with Gasteiger partial charge >= 0.3 is 0 Å². The minimum absolute atomic E-state index is 0.0104. The molecule has 0 rings (SSSR count). The molecule has 0 aliphatic heterocycles. The van der Waals surface area contributed by atoms with Gasteiger partial charge in [-0.3, -0.25) is 4.79 Å². The maximum absolute atomic E-state index is 11.4. The fraction of sp³-hybridized carbons (Fsp3) is 0.750. The van der Waals surface area contributed by atoms with Crippen molar-refractivity contribution in [2.45, 2.75) is 53.0 Å². The van der Waals surface area contributed by atoms with Crippen molar-refractivity contribution in [2.24, 2.45) is 5.92 Å². The highest BCUT2D eigenvalue weighted by Crippen LogP contribution is 2.15. The molecule has 0 spiro atoms. The molecule has 2 nitrogen and oxygen atoms in total. The van der Waals surface area contributed by atoms with Crippen molar-refractivity contribution in [3.05, 3.63) is 12.2 Å². The Morgan fingerprint density at radius 3 is 2.00 bits per heavy atom. The van der Waals surface area contributed by atoms with Crippen LogP contribution in [0.15, 0.2) is 12.2 Å². The van der Waals surface area contributed by atoms with Gasteiger partial charge in [-0.15, -0.1) is 0 Å². The molecule has 82 valence electrons. The van der Waals surface area contributed by atoms with Crippen LogP contribution in [0.25, 0.3) is 0 Å². The zero-order valence-electron chi connectivity index (χ0n) is 9.89. The van der Waals surface area contributed by atoms with E-state index in [9.17, 15) is 4.79 Å². The average molecular weight is 197 g/mol. The van der Waals surface area contributed by atoms with E-state index in [2.05, 4.69) is 32.7 Å². The number of rotatable bonds is 6. The molecule has 0 saturated carbocycles. The van der Waals surface area contributed by atoms with Gasteiger partial charge in [0.2, 0.25) is 5.91 Å². The highest BCUT2D eigenvalue weighted by molar-refractivity contribution is 5.92. The summed E-state index contributed by atoms with van der Waals surface area (Å²) in [7, 11) is 0. The summed E-state index contributed by atoms with van der Waals surface area (Å²) in [5, 5.41) is 3.03. The predicted molar refractivity (Wildman–Crippen MR) is 61.1 cm³/mol. The SMILES string of the molecule is C=C(C)C(=O)NC(CC)C(CC)CC. The Labute approximate surface area is 87.8 Å². The van der Waals surface area contributed by atoms with Crippen molar-refractivity contribution in [3.8, 4) is 0 Å². The quantitative estimate of drug-likeness (QED) is 0.652. The van der Waals surface area contributed by atoms with Crippen molar-refractivity contribution < 1.29 is 4.79 Å². The van der Waals surface area contributed by atoms with E-state index >= 15 is 0 Å². The first-order chi connectivity index (χ1) is 6.56. The standard InChI is InChI=1S/C12H23NO/c1-6-10(7-2)11(8-3)13-12(14)9(4)5/h10-11H,4,6-8H2,1-3,5H3,(H,13,14). The van der Waals surface area contributed by atoms with Crippen LogP contribution in [-0.4, -0.2) is 11.9 Å². The molecule has 0 aromatic rings. The zero-order valence-corrected chi connectivity index (χ0v) is 9.89. The van der Waals surface area contributed by atoms with E-state index in [0.29, 0.717) is 17.5 Å². The van der Waals surface area contributed by atoms with Gasteiger partial charge in [0.25, 0.3) is 0 Å². The van der Waals surface area contributed by atoms with E-state index in [1.165, 1.54) is 0 Å². The van der Waals surface area contributed by atoms with Gasteiger partial charge in [0, 0.05) is 11.6 Å². The van der Waals surface area contributed by atoms with Gasteiger partial charge in [0.1, 0.15) is 0 Å². The molecular weight excluding hydrogens is 174 g/mol. The van der Waals surface area contributed by atoms with Gasteiger partial charge < -0.3 is 5.32 Å². The van der Waals surface area contributed by atoms with Crippen molar-refractivity contribution in [2.75, 3.05) is 0 Å². The molecule has 0 aromatic carbocycles. The highest BCUT2D eigenvalue weighted by atomic mass is 16.1. The molecule has 0 heterocycles. The van der Waals surface area contributed by atoms with Gasteiger partial charge in [0.05, 0.1) is 0 Å². The van der Waals surface area contributed by atoms with Crippen LogP contribution in [0.3, 0.4) is 0 Å². The normalized spacial score (nSPS) is 12.6. The lowest BCUT2D eigenvalue weighted by Crippen LogP contribution is -2.39. The number of carbonyl (C=O) groups excluding carboxylic acids is 1. The van der Waals surface area contributed by atoms with Gasteiger partial charge in [-0.25, -0.2) is 0 Å². The molecular formula is C12H23NO. The molecule has 1 atom stereocenters. The number of hydrogen-bond donors (Lipinski definition) is 1. The maximum Gasteiger partial charge on any atom is 0.246 e. The molecule has 0 aromatic heterocycles. The van der Waals surface area contributed by atoms with Crippen LogP contribution >= 0.6 is 0 Å². The fourth-order valence-electron chi connectivity index (χ4n) is 1.70. The Morgan fingerprint density at radius 1 is 1.21 bits per heavy atom. The van der Waals surface area contributed by atoms with Gasteiger partial charge in [-0.1, -0.05) is 40.2 Å². The second-order valence-electron chi connectivity index (χ2n) is 3.85. The zero-order chi connectivity index (χ0) is 11.1. The van der Waals surface area contributed by atoms with Gasteiger partial charge in [-0.2, -0.15) is 0 Å². The van der Waals surface area contributed by atoms with Crippen molar-refractivity contribution in [1.82, 2.24) is 5.32 Å². The van der Waals surface area contributed by atoms with E-state index in [1.807, 2.05) is 0 Å². The first kappa shape index (κ1) is 13.2. The van der Waals surface area contributed by atoms with E-state index in [4.69, 9.17) is 0 Å². The monoisotopic (exact) mass is 197 g/mol. The third kappa shape index (κ3) is 3.95. The Kier molecular flexibility index (Phi) is 6.26. The summed E-state index contributed by atoms with van der Waals surface area (Å²) in [4.78, 5) is 11.4. The highest BCUT2D eigenvalue weighted by Gasteiger charge is 2.18. The average Bonchev–Trinajstić information content (AvgIpc) is 2.17. The summed E-state index contributed by atoms with van der Waals surface area (Å²) in [5.74, 6) is 0.576. The lowest BCUT2D eigenvalue weighted by molar-refractivity contribution is -0.118. The first-order valence-corrected chi connectivity index (χ1v) is 5.53. The Morgan fingerprint density at radius 2 is 1.71 bits per heavy atom. The number of carbonyl (C=O) groups is 1. The summed E-state index contributed by atoms with van der Waals surface area (Å²) in [6.07, 6.45) is 3.22. The van der Waals surface area contributed by atoms with Gasteiger partial charge in [-0.05, 0) is 19.3 Å². The predicted octanol–water partition coefficient (Wildman–Crippen LogP) is 2.89. The van der Waals surface area contributed by atoms with Crippen LogP contribution in [0.4, 0.5) is 0 Å². The number of hydrogen-bond acceptors (Lipinski definition) is 1. The minimum atomic E-state index is -0.0104. The summed E-state index contributed by atoms with van der Waals surface area (Å²) in [6, 6.07) is 0.300. The summed E-state index contributed by atoms with van der Waals surface area (Å²) in [6.45, 7) is 11.8. The molecule has 0 saturated heterocycles. The van der Waals surface area contributed by atoms with Crippen LogP contribution < -0.4 is 5.32 Å². The number of nitrogens with one attached hydrogen (secondary N) is 1. The number of amides is 1. The van der Waals surface area contributed by atoms with Crippen LogP contribution in [0.2, 0.25) is 0 Å². The van der Waals surface area contributed by atoms with Crippen LogP contribution in [0.5, 0.6) is 0 Å². The molecule has 0 aliphatic carbocycles. The lowest BCUT2D eigenvalue weighted by Gasteiger charge is -2.25. The molecule has 1 amide bonds. The third-order valence-electron chi connectivity index (χ3n) is 2.76. The topological polar surface area (TPSA) is 29.1 Å². The molecule has 0 fully saturated rings. The lowest BCUT2D eigenvalue weighted by atomic mass is 9.92.